The van der Waals surface area contributed by atoms with Crippen LogP contribution in [0.15, 0.2) is 0 Å². The van der Waals surface area contributed by atoms with Crippen LogP contribution in [0.2, 0.25) is 0 Å². The topological polar surface area (TPSA) is 38.3 Å². The Balaban J connectivity index is 2.17. The molecule has 0 atom stereocenters. The Kier molecular flexibility index (Phi) is 3.40. The molecular formula is C11H21NO2. The summed E-state index contributed by atoms with van der Waals surface area (Å²) in [4.78, 5) is 11.3. The highest BCUT2D eigenvalue weighted by Crippen LogP contribution is 2.29. The van der Waals surface area contributed by atoms with Crippen molar-refractivity contribution in [3.63, 3.8) is 0 Å². The summed E-state index contributed by atoms with van der Waals surface area (Å²) in [6.07, 6.45) is 3.15. The van der Waals surface area contributed by atoms with Gasteiger partial charge in [0.05, 0.1) is 0 Å². The molecule has 0 saturated heterocycles. The molecule has 0 bridgehead atoms. The maximum atomic E-state index is 11.3. The van der Waals surface area contributed by atoms with Gasteiger partial charge >= 0.3 is 6.09 Å². The molecule has 0 aromatic carbocycles. The monoisotopic (exact) mass is 199 g/mol. The predicted molar refractivity (Wildman–Crippen MR) is 56.2 cm³/mol. The van der Waals surface area contributed by atoms with Crippen LogP contribution in [0.25, 0.3) is 0 Å². The number of carbonyl (C=O) groups is 1. The Hall–Kier alpha value is -0.730. The highest BCUT2D eigenvalue weighted by atomic mass is 16.6. The van der Waals surface area contributed by atoms with Crippen molar-refractivity contribution in [3.05, 3.63) is 0 Å². The predicted octanol–water partition coefficient (Wildman–Crippen LogP) is 2.70. The standard InChI is InChI=1S/C11H21NO2/c1-5-8-6-9(7-8)12-10(13)14-11(2,3)4/h8-9H,5-7H2,1-4H3,(H,12,13). The molecule has 1 rings (SSSR count). The summed E-state index contributed by atoms with van der Waals surface area (Å²) in [6.45, 7) is 7.82. The molecule has 0 heterocycles. The maximum Gasteiger partial charge on any atom is 0.407 e. The van der Waals surface area contributed by atoms with Crippen molar-refractivity contribution in [2.24, 2.45) is 5.92 Å². The fourth-order valence-corrected chi connectivity index (χ4v) is 1.66. The lowest BCUT2D eigenvalue weighted by molar-refractivity contribution is 0.0451. The molecule has 82 valence electrons. The van der Waals surface area contributed by atoms with E-state index in [9.17, 15) is 4.79 Å². The van der Waals surface area contributed by atoms with Crippen molar-refractivity contribution < 1.29 is 9.53 Å². The summed E-state index contributed by atoms with van der Waals surface area (Å²) < 4.78 is 5.16. The van der Waals surface area contributed by atoms with E-state index in [4.69, 9.17) is 4.74 Å². The van der Waals surface area contributed by atoms with Crippen LogP contribution >= 0.6 is 0 Å². The SMILES string of the molecule is CCC1CC(NC(=O)OC(C)(C)C)C1. The van der Waals surface area contributed by atoms with Gasteiger partial charge in [-0.05, 0) is 39.5 Å². The van der Waals surface area contributed by atoms with E-state index >= 15 is 0 Å². The molecule has 0 radical (unpaired) electrons. The van der Waals surface area contributed by atoms with Gasteiger partial charge in [-0.2, -0.15) is 0 Å². The molecule has 0 aromatic heterocycles. The summed E-state index contributed by atoms with van der Waals surface area (Å²) in [5.41, 5.74) is -0.391. The van der Waals surface area contributed by atoms with E-state index in [1.54, 1.807) is 0 Å². The number of hydrogen-bond donors (Lipinski definition) is 1. The van der Waals surface area contributed by atoms with E-state index in [2.05, 4.69) is 12.2 Å². The van der Waals surface area contributed by atoms with E-state index in [0.717, 1.165) is 18.8 Å². The fraction of sp³-hybridized carbons (Fsp3) is 0.909. The van der Waals surface area contributed by atoms with Crippen LogP contribution in [0.4, 0.5) is 4.79 Å². The summed E-state index contributed by atoms with van der Waals surface area (Å²) in [7, 11) is 0. The summed E-state index contributed by atoms with van der Waals surface area (Å²) >= 11 is 0. The van der Waals surface area contributed by atoms with E-state index in [1.807, 2.05) is 20.8 Å². The first kappa shape index (κ1) is 11.3. The molecule has 1 amide bonds. The summed E-state index contributed by atoms with van der Waals surface area (Å²) in [5, 5.41) is 2.88. The fourth-order valence-electron chi connectivity index (χ4n) is 1.66. The lowest BCUT2D eigenvalue weighted by Crippen LogP contribution is -2.46. The second kappa shape index (κ2) is 4.20. The maximum absolute atomic E-state index is 11.3. The first-order valence-corrected chi connectivity index (χ1v) is 5.40. The van der Waals surface area contributed by atoms with Gasteiger partial charge in [-0.25, -0.2) is 4.79 Å². The van der Waals surface area contributed by atoms with Gasteiger partial charge < -0.3 is 10.1 Å². The van der Waals surface area contributed by atoms with Crippen LogP contribution in [-0.2, 0) is 4.74 Å². The molecule has 1 fully saturated rings. The van der Waals surface area contributed by atoms with Crippen LogP contribution in [0, 0.1) is 5.92 Å². The van der Waals surface area contributed by atoms with Gasteiger partial charge in [-0.3, -0.25) is 0 Å². The molecule has 1 aliphatic carbocycles. The Morgan fingerprint density at radius 2 is 2.00 bits per heavy atom. The third-order valence-corrected chi connectivity index (χ3v) is 2.53. The number of nitrogens with one attached hydrogen (secondary N) is 1. The molecule has 0 spiro atoms. The number of carbonyl (C=O) groups excluding carboxylic acids is 1. The molecule has 3 heteroatoms. The van der Waals surface area contributed by atoms with Gasteiger partial charge in [0.25, 0.3) is 0 Å². The molecule has 1 aliphatic rings. The van der Waals surface area contributed by atoms with Gasteiger partial charge in [-0.1, -0.05) is 13.3 Å². The minimum atomic E-state index is -0.391. The number of ether oxygens (including phenoxy) is 1. The largest absolute Gasteiger partial charge is 0.444 e. The second-order valence-corrected chi connectivity index (χ2v) is 5.09. The van der Waals surface area contributed by atoms with Crippen LogP contribution < -0.4 is 5.32 Å². The Labute approximate surface area is 86.2 Å². The Bertz CT molecular complexity index is 202. The van der Waals surface area contributed by atoms with E-state index in [0.29, 0.717) is 6.04 Å². The highest BCUT2D eigenvalue weighted by molar-refractivity contribution is 5.68. The number of alkyl carbamates (subject to hydrolysis) is 1. The smallest absolute Gasteiger partial charge is 0.407 e. The van der Waals surface area contributed by atoms with Crippen LogP contribution in [0.3, 0.4) is 0 Å². The molecule has 0 aromatic rings. The van der Waals surface area contributed by atoms with Gasteiger partial charge in [0.1, 0.15) is 5.60 Å². The first-order valence-electron chi connectivity index (χ1n) is 5.40. The van der Waals surface area contributed by atoms with Crippen molar-refractivity contribution in [1.29, 1.82) is 0 Å². The Morgan fingerprint density at radius 1 is 1.43 bits per heavy atom. The number of amides is 1. The van der Waals surface area contributed by atoms with Gasteiger partial charge in [-0.15, -0.1) is 0 Å². The van der Waals surface area contributed by atoms with Crippen molar-refractivity contribution >= 4 is 6.09 Å². The lowest BCUT2D eigenvalue weighted by Gasteiger charge is -2.35. The minimum Gasteiger partial charge on any atom is -0.444 e. The van der Waals surface area contributed by atoms with E-state index < -0.39 is 5.60 Å². The molecule has 1 N–H and O–H groups in total. The molecule has 1 saturated carbocycles. The van der Waals surface area contributed by atoms with Crippen molar-refractivity contribution in [2.75, 3.05) is 0 Å². The zero-order chi connectivity index (χ0) is 10.8. The van der Waals surface area contributed by atoms with Gasteiger partial charge in [0, 0.05) is 6.04 Å². The molecule has 3 nitrogen and oxygen atoms in total. The van der Waals surface area contributed by atoms with Gasteiger partial charge in [0.15, 0.2) is 0 Å². The third kappa shape index (κ3) is 3.56. The minimum absolute atomic E-state index is 0.281. The van der Waals surface area contributed by atoms with E-state index in [1.165, 1.54) is 6.42 Å². The quantitative estimate of drug-likeness (QED) is 0.742. The number of hydrogen-bond acceptors (Lipinski definition) is 2. The Morgan fingerprint density at radius 3 is 2.43 bits per heavy atom. The highest BCUT2D eigenvalue weighted by Gasteiger charge is 2.30. The second-order valence-electron chi connectivity index (χ2n) is 5.09. The van der Waals surface area contributed by atoms with Crippen LogP contribution in [-0.4, -0.2) is 17.7 Å². The lowest BCUT2D eigenvalue weighted by atomic mass is 9.79. The first-order chi connectivity index (χ1) is 6.40. The normalized spacial score (nSPS) is 26.6. The zero-order valence-electron chi connectivity index (χ0n) is 9.59. The summed E-state index contributed by atoms with van der Waals surface area (Å²) in [5.74, 6) is 0.801. The summed E-state index contributed by atoms with van der Waals surface area (Å²) in [6, 6.07) is 0.342. The van der Waals surface area contributed by atoms with Crippen molar-refractivity contribution in [2.45, 2.75) is 58.6 Å². The van der Waals surface area contributed by atoms with Crippen molar-refractivity contribution in [3.8, 4) is 0 Å². The molecule has 0 unspecified atom stereocenters. The molecule has 0 aliphatic heterocycles. The van der Waals surface area contributed by atoms with Gasteiger partial charge in [0.2, 0.25) is 0 Å². The average molecular weight is 199 g/mol. The average Bonchev–Trinajstić information content (AvgIpc) is 1.91. The van der Waals surface area contributed by atoms with Crippen LogP contribution in [0.5, 0.6) is 0 Å². The van der Waals surface area contributed by atoms with E-state index in [-0.39, 0.29) is 6.09 Å². The molecular weight excluding hydrogens is 178 g/mol. The number of rotatable bonds is 2. The van der Waals surface area contributed by atoms with Crippen molar-refractivity contribution in [1.82, 2.24) is 5.32 Å². The zero-order valence-corrected chi connectivity index (χ0v) is 9.59. The third-order valence-electron chi connectivity index (χ3n) is 2.53. The molecule has 14 heavy (non-hydrogen) atoms. The van der Waals surface area contributed by atoms with Crippen LogP contribution in [0.1, 0.15) is 47.0 Å².